The second kappa shape index (κ2) is 5.98. The first kappa shape index (κ1) is 11.5. The van der Waals surface area contributed by atoms with Crippen LogP contribution in [0.2, 0.25) is 0 Å². The Morgan fingerprint density at radius 3 is 3.00 bits per heavy atom. The number of allylic oxidation sites excluding steroid dienone is 1. The normalized spacial score (nSPS) is 11.4. The molecular weight excluding hydrogens is 264 g/mol. The van der Waals surface area contributed by atoms with Gasteiger partial charge in [-0.25, -0.2) is 4.79 Å². The lowest BCUT2D eigenvalue weighted by Gasteiger charge is -2.03. The Labute approximate surface area is 95.7 Å². The van der Waals surface area contributed by atoms with E-state index in [0.29, 0.717) is 17.5 Å². The number of rotatable bonds is 4. The molecule has 0 aliphatic heterocycles. The van der Waals surface area contributed by atoms with E-state index >= 15 is 0 Å². The minimum Gasteiger partial charge on any atom is -0.462 e. The molecule has 0 amide bonds. The van der Waals surface area contributed by atoms with Crippen LogP contribution >= 0.6 is 27.3 Å². The maximum absolute atomic E-state index is 11.5. The molecule has 0 aliphatic rings. The summed E-state index contributed by atoms with van der Waals surface area (Å²) in [6.45, 7) is 2.21. The summed E-state index contributed by atoms with van der Waals surface area (Å²) in [6, 6.07) is 3.83. The van der Waals surface area contributed by atoms with E-state index in [4.69, 9.17) is 4.74 Å². The molecule has 76 valence electrons. The van der Waals surface area contributed by atoms with Gasteiger partial charge in [0.25, 0.3) is 0 Å². The minimum atomic E-state index is -0.255. The molecule has 1 aromatic rings. The minimum absolute atomic E-state index is 0.255. The topological polar surface area (TPSA) is 26.3 Å². The molecule has 0 aliphatic carbocycles. The molecule has 0 atom stereocenters. The lowest BCUT2D eigenvalue weighted by atomic mass is 10.2. The Hall–Kier alpha value is -0.610. The molecule has 2 nitrogen and oxygen atoms in total. The van der Waals surface area contributed by atoms with E-state index in [1.807, 2.05) is 23.6 Å². The van der Waals surface area contributed by atoms with Gasteiger partial charge in [0.2, 0.25) is 0 Å². The van der Waals surface area contributed by atoms with Crippen LogP contribution in [-0.2, 0) is 9.53 Å². The van der Waals surface area contributed by atoms with Gasteiger partial charge in [-0.1, -0.05) is 28.1 Å². The number of alkyl halides is 1. The van der Waals surface area contributed by atoms with Crippen molar-refractivity contribution in [1.29, 1.82) is 0 Å². The van der Waals surface area contributed by atoms with E-state index in [1.165, 1.54) is 11.3 Å². The number of halogens is 1. The van der Waals surface area contributed by atoms with Gasteiger partial charge in [0.05, 0.1) is 12.2 Å². The third kappa shape index (κ3) is 2.96. The highest BCUT2D eigenvalue weighted by atomic mass is 79.9. The van der Waals surface area contributed by atoms with Crippen molar-refractivity contribution in [2.45, 2.75) is 6.92 Å². The standard InChI is InChI=1S/C10H11BrO2S/c1-2-13-10(12)8(5-6-11)9-4-3-7-14-9/h3-5,7H,2,6H2,1H3. The number of esters is 1. The highest BCUT2D eigenvalue weighted by Gasteiger charge is 2.12. The number of thiophene rings is 1. The first-order chi connectivity index (χ1) is 6.79. The summed E-state index contributed by atoms with van der Waals surface area (Å²) in [6.07, 6.45) is 1.82. The van der Waals surface area contributed by atoms with E-state index in [-0.39, 0.29) is 5.97 Å². The van der Waals surface area contributed by atoms with Gasteiger partial charge >= 0.3 is 5.97 Å². The summed E-state index contributed by atoms with van der Waals surface area (Å²) in [5.41, 5.74) is 0.638. The van der Waals surface area contributed by atoms with Gasteiger partial charge in [0.1, 0.15) is 0 Å². The summed E-state index contributed by atoms with van der Waals surface area (Å²) >= 11 is 4.81. The lowest BCUT2D eigenvalue weighted by molar-refractivity contribution is -0.136. The predicted octanol–water partition coefficient (Wildman–Crippen LogP) is 3.09. The molecule has 4 heteroatoms. The Bertz CT molecular complexity index is 317. The van der Waals surface area contributed by atoms with E-state index in [2.05, 4.69) is 15.9 Å². The van der Waals surface area contributed by atoms with Crippen molar-refractivity contribution in [3.63, 3.8) is 0 Å². The lowest BCUT2D eigenvalue weighted by Crippen LogP contribution is -2.06. The molecule has 0 unspecified atom stereocenters. The van der Waals surface area contributed by atoms with Crippen LogP contribution in [-0.4, -0.2) is 17.9 Å². The first-order valence-corrected chi connectivity index (χ1v) is 6.26. The van der Waals surface area contributed by atoms with Gasteiger partial charge in [-0.05, 0) is 18.4 Å². The number of hydrogen-bond acceptors (Lipinski definition) is 3. The van der Waals surface area contributed by atoms with Crippen molar-refractivity contribution in [2.24, 2.45) is 0 Å². The van der Waals surface area contributed by atoms with Crippen molar-refractivity contribution in [3.8, 4) is 0 Å². The van der Waals surface area contributed by atoms with E-state index in [9.17, 15) is 4.79 Å². The van der Waals surface area contributed by atoms with Gasteiger partial charge in [-0.3, -0.25) is 0 Å². The van der Waals surface area contributed by atoms with Crippen molar-refractivity contribution in [2.75, 3.05) is 11.9 Å². The summed E-state index contributed by atoms with van der Waals surface area (Å²) in [5, 5.41) is 2.59. The average Bonchev–Trinajstić information content (AvgIpc) is 2.67. The molecule has 1 aromatic heterocycles. The van der Waals surface area contributed by atoms with Gasteiger partial charge in [0, 0.05) is 10.2 Å². The SMILES string of the molecule is CCOC(=O)C(=CCBr)c1cccs1. The third-order valence-corrected chi connectivity index (χ3v) is 2.79. The molecule has 0 spiro atoms. The van der Waals surface area contributed by atoms with Crippen LogP contribution in [0.5, 0.6) is 0 Å². The smallest absolute Gasteiger partial charge is 0.339 e. The molecule has 14 heavy (non-hydrogen) atoms. The summed E-state index contributed by atoms with van der Waals surface area (Å²) in [4.78, 5) is 12.5. The molecule has 1 rings (SSSR count). The Balaban J connectivity index is 2.86. The highest BCUT2D eigenvalue weighted by molar-refractivity contribution is 9.09. The zero-order chi connectivity index (χ0) is 10.4. The number of hydrogen-bond donors (Lipinski definition) is 0. The Morgan fingerprint density at radius 2 is 2.50 bits per heavy atom. The van der Waals surface area contributed by atoms with Crippen LogP contribution in [0.1, 0.15) is 11.8 Å². The quantitative estimate of drug-likeness (QED) is 0.479. The number of carbonyl (C=O) groups excluding carboxylic acids is 1. The third-order valence-electron chi connectivity index (χ3n) is 1.56. The molecule has 0 aromatic carbocycles. The van der Waals surface area contributed by atoms with Crippen molar-refractivity contribution in [3.05, 3.63) is 28.5 Å². The molecule has 0 radical (unpaired) electrons. The van der Waals surface area contributed by atoms with E-state index in [0.717, 1.165) is 4.88 Å². The van der Waals surface area contributed by atoms with E-state index in [1.54, 1.807) is 6.92 Å². The second-order valence-electron chi connectivity index (χ2n) is 2.47. The zero-order valence-corrected chi connectivity index (χ0v) is 10.2. The van der Waals surface area contributed by atoms with Gasteiger partial charge in [0.15, 0.2) is 0 Å². The second-order valence-corrected chi connectivity index (χ2v) is 4.07. The van der Waals surface area contributed by atoms with Crippen LogP contribution in [0.25, 0.3) is 5.57 Å². The fourth-order valence-corrected chi connectivity index (χ4v) is 2.08. The molecule has 0 bridgehead atoms. The van der Waals surface area contributed by atoms with Crippen LogP contribution in [0.15, 0.2) is 23.6 Å². The van der Waals surface area contributed by atoms with Gasteiger partial charge in [-0.2, -0.15) is 0 Å². The van der Waals surface area contributed by atoms with Crippen LogP contribution < -0.4 is 0 Å². The molecule has 0 N–H and O–H groups in total. The van der Waals surface area contributed by atoms with Crippen LogP contribution in [0, 0.1) is 0 Å². The zero-order valence-electron chi connectivity index (χ0n) is 7.83. The van der Waals surface area contributed by atoms with Gasteiger partial charge < -0.3 is 4.74 Å². The molecule has 0 saturated heterocycles. The van der Waals surface area contributed by atoms with Crippen molar-refractivity contribution < 1.29 is 9.53 Å². The molecule has 0 fully saturated rings. The predicted molar refractivity (Wildman–Crippen MR) is 62.7 cm³/mol. The fraction of sp³-hybridized carbons (Fsp3) is 0.300. The Morgan fingerprint density at radius 1 is 1.71 bits per heavy atom. The van der Waals surface area contributed by atoms with Crippen molar-refractivity contribution >= 4 is 38.8 Å². The molecule has 0 saturated carbocycles. The average molecular weight is 275 g/mol. The Kier molecular flexibility index (Phi) is 4.90. The van der Waals surface area contributed by atoms with Crippen LogP contribution in [0.3, 0.4) is 0 Å². The molecule has 1 heterocycles. The summed E-state index contributed by atoms with van der Waals surface area (Å²) in [7, 11) is 0. The van der Waals surface area contributed by atoms with Gasteiger partial charge in [-0.15, -0.1) is 11.3 Å². The summed E-state index contributed by atoms with van der Waals surface area (Å²) in [5.74, 6) is -0.255. The largest absolute Gasteiger partial charge is 0.462 e. The number of ether oxygens (including phenoxy) is 1. The highest BCUT2D eigenvalue weighted by Crippen LogP contribution is 2.21. The van der Waals surface area contributed by atoms with Crippen molar-refractivity contribution in [1.82, 2.24) is 0 Å². The van der Waals surface area contributed by atoms with Crippen LogP contribution in [0.4, 0.5) is 0 Å². The van der Waals surface area contributed by atoms with E-state index < -0.39 is 0 Å². The fourth-order valence-electron chi connectivity index (χ4n) is 1.00. The first-order valence-electron chi connectivity index (χ1n) is 4.26. The maximum atomic E-state index is 11.5. The molecular formula is C10H11BrO2S. The maximum Gasteiger partial charge on any atom is 0.339 e. The monoisotopic (exact) mass is 274 g/mol. The number of carbonyl (C=O) groups is 1. The summed E-state index contributed by atoms with van der Waals surface area (Å²) < 4.78 is 4.96.